The molecule has 0 fully saturated rings. The van der Waals surface area contributed by atoms with Gasteiger partial charge in [-0.1, -0.05) is 54.6 Å². The molecule has 0 radical (unpaired) electrons. The van der Waals surface area contributed by atoms with E-state index in [1.807, 2.05) is 42.5 Å². The van der Waals surface area contributed by atoms with Gasteiger partial charge in [-0.25, -0.2) is 0 Å². The molecule has 2 atom stereocenters. The van der Waals surface area contributed by atoms with E-state index in [1.54, 1.807) is 6.92 Å². The number of carbonyl (C=O) groups is 1. The third-order valence-electron chi connectivity index (χ3n) is 3.45. The second-order valence-corrected chi connectivity index (χ2v) is 5.34. The first-order chi connectivity index (χ1) is 10.1. The van der Waals surface area contributed by atoms with Gasteiger partial charge in [0.25, 0.3) is 0 Å². The zero-order chi connectivity index (χ0) is 15.2. The van der Waals surface area contributed by atoms with Crippen molar-refractivity contribution < 1.29 is 9.90 Å². The number of aliphatic hydroxyl groups excluding tert-OH is 1. The van der Waals surface area contributed by atoms with E-state index in [0.29, 0.717) is 0 Å². The largest absolute Gasteiger partial charge is 0.386 e. The molecule has 2 aromatic rings. The van der Waals surface area contributed by atoms with Crippen LogP contribution in [0, 0.1) is 0 Å². The molecule has 1 amide bonds. The highest BCUT2D eigenvalue weighted by atomic mass is 16.3. The van der Waals surface area contributed by atoms with Crippen molar-refractivity contribution >= 4 is 5.91 Å². The van der Waals surface area contributed by atoms with Crippen molar-refractivity contribution in [2.24, 2.45) is 0 Å². The Labute approximate surface area is 125 Å². The summed E-state index contributed by atoms with van der Waals surface area (Å²) in [7, 11) is 0. The number of rotatable bonds is 5. The first kappa shape index (κ1) is 15.3. The second-order valence-electron chi connectivity index (χ2n) is 5.34. The van der Waals surface area contributed by atoms with Gasteiger partial charge < -0.3 is 10.4 Å². The lowest BCUT2D eigenvalue weighted by Crippen LogP contribution is -2.35. The zero-order valence-electron chi connectivity index (χ0n) is 12.4. The van der Waals surface area contributed by atoms with E-state index in [2.05, 4.69) is 17.4 Å². The molecule has 0 aromatic heterocycles. The van der Waals surface area contributed by atoms with E-state index in [4.69, 9.17) is 0 Å². The summed E-state index contributed by atoms with van der Waals surface area (Å²) in [6.45, 7) is 3.25. The smallest absolute Gasteiger partial charge is 0.217 e. The van der Waals surface area contributed by atoms with Gasteiger partial charge in [-0.3, -0.25) is 4.79 Å². The first-order valence-electron chi connectivity index (χ1n) is 7.14. The molecule has 110 valence electrons. The molecule has 0 heterocycles. The van der Waals surface area contributed by atoms with Crippen LogP contribution in [-0.2, 0) is 11.2 Å². The summed E-state index contributed by atoms with van der Waals surface area (Å²) in [6, 6.07) is 17.8. The molecule has 2 rings (SSSR count). The number of aliphatic hydroxyl groups is 1. The van der Waals surface area contributed by atoms with E-state index < -0.39 is 6.10 Å². The van der Waals surface area contributed by atoms with Gasteiger partial charge in [0, 0.05) is 6.92 Å². The highest BCUT2D eigenvalue weighted by Gasteiger charge is 2.17. The molecule has 0 saturated carbocycles. The van der Waals surface area contributed by atoms with E-state index in [1.165, 1.54) is 12.5 Å². The highest BCUT2D eigenvalue weighted by Crippen LogP contribution is 2.19. The molecule has 0 saturated heterocycles. The lowest BCUT2D eigenvalue weighted by atomic mass is 9.98. The molecule has 0 aliphatic rings. The van der Waals surface area contributed by atoms with Crippen LogP contribution in [0.1, 0.15) is 36.6 Å². The van der Waals surface area contributed by atoms with Gasteiger partial charge in [0.2, 0.25) is 5.91 Å². The summed E-state index contributed by atoms with van der Waals surface area (Å²) in [5.41, 5.74) is 3.21. The summed E-state index contributed by atoms with van der Waals surface area (Å²) in [6.07, 6.45) is 0.125. The van der Waals surface area contributed by atoms with Crippen LogP contribution in [0.3, 0.4) is 0 Å². The van der Waals surface area contributed by atoms with Crippen LogP contribution in [0.4, 0.5) is 0 Å². The SMILES string of the molecule is CC(=O)N[C@H](C)[C@@H](O)c1cccc(Cc2ccccc2)c1. The van der Waals surface area contributed by atoms with Gasteiger partial charge in [-0.2, -0.15) is 0 Å². The number of nitrogens with one attached hydrogen (secondary N) is 1. The average Bonchev–Trinajstić information content (AvgIpc) is 2.47. The Kier molecular flexibility index (Phi) is 5.12. The Morgan fingerprint density at radius 3 is 2.43 bits per heavy atom. The Balaban J connectivity index is 2.12. The number of hydrogen-bond donors (Lipinski definition) is 2. The molecule has 2 aromatic carbocycles. The molecule has 0 spiro atoms. The molecule has 2 N–H and O–H groups in total. The topological polar surface area (TPSA) is 49.3 Å². The second kappa shape index (κ2) is 7.04. The molecule has 21 heavy (non-hydrogen) atoms. The van der Waals surface area contributed by atoms with Gasteiger partial charge in [-0.15, -0.1) is 0 Å². The quantitative estimate of drug-likeness (QED) is 0.886. The number of hydrogen-bond acceptors (Lipinski definition) is 2. The van der Waals surface area contributed by atoms with Gasteiger partial charge in [0.05, 0.1) is 12.1 Å². The lowest BCUT2D eigenvalue weighted by Gasteiger charge is -2.20. The van der Waals surface area contributed by atoms with Crippen LogP contribution in [0.15, 0.2) is 54.6 Å². The van der Waals surface area contributed by atoms with E-state index in [9.17, 15) is 9.90 Å². The van der Waals surface area contributed by atoms with Gasteiger partial charge in [-0.05, 0) is 30.0 Å². The van der Waals surface area contributed by atoms with Crippen molar-refractivity contribution in [1.82, 2.24) is 5.32 Å². The predicted octanol–water partition coefficient (Wildman–Crippen LogP) is 2.84. The lowest BCUT2D eigenvalue weighted by molar-refractivity contribution is -0.120. The minimum atomic E-state index is -0.704. The fourth-order valence-electron chi connectivity index (χ4n) is 2.41. The van der Waals surface area contributed by atoms with Gasteiger partial charge in [0.15, 0.2) is 0 Å². The van der Waals surface area contributed by atoms with Crippen molar-refractivity contribution in [3.8, 4) is 0 Å². The van der Waals surface area contributed by atoms with Crippen molar-refractivity contribution in [2.45, 2.75) is 32.4 Å². The summed E-state index contributed by atoms with van der Waals surface area (Å²) in [5, 5.41) is 13.0. The Hall–Kier alpha value is -2.13. The van der Waals surface area contributed by atoms with Crippen molar-refractivity contribution in [3.05, 3.63) is 71.3 Å². The zero-order valence-corrected chi connectivity index (χ0v) is 12.4. The van der Waals surface area contributed by atoms with Crippen molar-refractivity contribution in [2.75, 3.05) is 0 Å². The Bertz CT molecular complexity index is 595. The third kappa shape index (κ3) is 4.43. The van der Waals surface area contributed by atoms with Gasteiger partial charge in [0.1, 0.15) is 0 Å². The minimum absolute atomic E-state index is 0.137. The summed E-state index contributed by atoms with van der Waals surface area (Å²) >= 11 is 0. The van der Waals surface area contributed by atoms with Crippen LogP contribution < -0.4 is 5.32 Å². The van der Waals surface area contributed by atoms with E-state index >= 15 is 0 Å². The van der Waals surface area contributed by atoms with Crippen LogP contribution in [0.5, 0.6) is 0 Å². The van der Waals surface area contributed by atoms with Crippen LogP contribution in [0.2, 0.25) is 0 Å². The van der Waals surface area contributed by atoms with E-state index in [0.717, 1.165) is 17.5 Å². The average molecular weight is 283 g/mol. The molecule has 3 nitrogen and oxygen atoms in total. The maximum absolute atomic E-state index is 11.1. The number of benzene rings is 2. The molecule has 3 heteroatoms. The van der Waals surface area contributed by atoms with Gasteiger partial charge >= 0.3 is 0 Å². The normalized spacial score (nSPS) is 13.5. The standard InChI is InChI=1S/C18H21NO2/c1-13(19-14(2)20)18(21)17-10-6-9-16(12-17)11-15-7-4-3-5-8-15/h3-10,12-13,18,21H,11H2,1-2H3,(H,19,20)/t13-,18-/m1/s1. The first-order valence-corrected chi connectivity index (χ1v) is 7.14. The maximum Gasteiger partial charge on any atom is 0.217 e. The molecule has 0 aliphatic heterocycles. The highest BCUT2D eigenvalue weighted by molar-refractivity contribution is 5.73. The summed E-state index contributed by atoms with van der Waals surface area (Å²) < 4.78 is 0. The molecular formula is C18H21NO2. The summed E-state index contributed by atoms with van der Waals surface area (Å²) in [4.78, 5) is 11.1. The fourth-order valence-corrected chi connectivity index (χ4v) is 2.41. The van der Waals surface area contributed by atoms with Crippen molar-refractivity contribution in [3.63, 3.8) is 0 Å². The predicted molar refractivity (Wildman–Crippen MR) is 83.9 cm³/mol. The molecule has 0 unspecified atom stereocenters. The van der Waals surface area contributed by atoms with Crippen molar-refractivity contribution in [1.29, 1.82) is 0 Å². The van der Waals surface area contributed by atoms with Crippen LogP contribution in [0.25, 0.3) is 0 Å². The Morgan fingerprint density at radius 1 is 1.10 bits per heavy atom. The monoisotopic (exact) mass is 283 g/mol. The molecule has 0 aliphatic carbocycles. The number of carbonyl (C=O) groups excluding carboxylic acids is 1. The van der Waals surface area contributed by atoms with Crippen LogP contribution >= 0.6 is 0 Å². The molecule has 0 bridgehead atoms. The molecular weight excluding hydrogens is 262 g/mol. The summed E-state index contributed by atoms with van der Waals surface area (Å²) in [5.74, 6) is -0.137. The third-order valence-corrected chi connectivity index (χ3v) is 3.45. The van der Waals surface area contributed by atoms with E-state index in [-0.39, 0.29) is 11.9 Å². The Morgan fingerprint density at radius 2 is 1.76 bits per heavy atom. The minimum Gasteiger partial charge on any atom is -0.386 e. The fraction of sp³-hybridized carbons (Fsp3) is 0.278. The maximum atomic E-state index is 11.1. The number of amides is 1. The van der Waals surface area contributed by atoms with Crippen LogP contribution in [-0.4, -0.2) is 17.1 Å².